The van der Waals surface area contributed by atoms with Crippen molar-refractivity contribution in [1.82, 2.24) is 5.32 Å². The number of benzene rings is 1. The molecule has 4 nitrogen and oxygen atoms in total. The second kappa shape index (κ2) is 7.57. The van der Waals surface area contributed by atoms with Crippen molar-refractivity contribution in [2.45, 2.75) is 19.4 Å². The lowest BCUT2D eigenvalue weighted by Crippen LogP contribution is -2.36. The van der Waals surface area contributed by atoms with Crippen molar-refractivity contribution in [3.05, 3.63) is 29.6 Å². The molecule has 0 radical (unpaired) electrons. The summed E-state index contributed by atoms with van der Waals surface area (Å²) >= 11 is 0. The van der Waals surface area contributed by atoms with Gasteiger partial charge in [-0.1, -0.05) is 6.07 Å². The minimum atomic E-state index is -0.180. The van der Waals surface area contributed by atoms with E-state index in [1.165, 1.54) is 0 Å². The molecule has 2 rings (SSSR count). The third-order valence-corrected chi connectivity index (χ3v) is 3.61. The van der Waals surface area contributed by atoms with Gasteiger partial charge in [-0.25, -0.2) is 4.39 Å². The van der Waals surface area contributed by atoms with Crippen LogP contribution in [0.4, 0.5) is 10.1 Å². The Morgan fingerprint density at radius 3 is 2.80 bits per heavy atom. The molecule has 1 aromatic rings. The maximum atomic E-state index is 14.2. The predicted molar refractivity (Wildman–Crippen MR) is 77.6 cm³/mol. The molecule has 1 aliphatic heterocycles. The molecule has 1 unspecified atom stereocenters. The van der Waals surface area contributed by atoms with E-state index in [9.17, 15) is 4.39 Å². The largest absolute Gasteiger partial charge is 0.396 e. The first-order chi connectivity index (χ1) is 9.72. The van der Waals surface area contributed by atoms with E-state index >= 15 is 0 Å². The molecule has 1 atom stereocenters. The fourth-order valence-corrected chi connectivity index (χ4v) is 2.37. The van der Waals surface area contributed by atoms with E-state index in [2.05, 4.69) is 5.32 Å². The molecule has 0 saturated carbocycles. The summed E-state index contributed by atoms with van der Waals surface area (Å²) in [7, 11) is 0. The fraction of sp³-hybridized carbons (Fsp3) is 0.600. The lowest BCUT2D eigenvalue weighted by Gasteiger charge is -2.29. The molecule has 1 fully saturated rings. The molecule has 2 N–H and O–H groups in total. The van der Waals surface area contributed by atoms with Gasteiger partial charge in [0.25, 0.3) is 0 Å². The van der Waals surface area contributed by atoms with Crippen LogP contribution in [0.15, 0.2) is 18.2 Å². The molecular formula is C15H23FN2O2. The molecule has 1 aliphatic rings. The summed E-state index contributed by atoms with van der Waals surface area (Å²) in [5.74, 6) is -0.180. The van der Waals surface area contributed by atoms with Crippen LogP contribution in [0.2, 0.25) is 0 Å². The smallest absolute Gasteiger partial charge is 0.146 e. The van der Waals surface area contributed by atoms with E-state index in [4.69, 9.17) is 9.84 Å². The Hall–Kier alpha value is -1.17. The summed E-state index contributed by atoms with van der Waals surface area (Å²) in [6, 6.07) is 5.49. The average molecular weight is 282 g/mol. The van der Waals surface area contributed by atoms with Crippen molar-refractivity contribution in [3.63, 3.8) is 0 Å². The fourth-order valence-electron chi connectivity index (χ4n) is 2.37. The molecule has 20 heavy (non-hydrogen) atoms. The molecule has 0 aliphatic carbocycles. The molecule has 1 heterocycles. The van der Waals surface area contributed by atoms with Crippen LogP contribution in [0.3, 0.4) is 0 Å². The second-order valence-electron chi connectivity index (χ2n) is 5.06. The highest BCUT2D eigenvalue weighted by atomic mass is 19.1. The Kier molecular flexibility index (Phi) is 5.76. The number of aliphatic hydroxyl groups is 1. The van der Waals surface area contributed by atoms with Crippen LogP contribution < -0.4 is 10.2 Å². The van der Waals surface area contributed by atoms with Gasteiger partial charge in [-0.2, -0.15) is 0 Å². The third-order valence-electron chi connectivity index (χ3n) is 3.61. The van der Waals surface area contributed by atoms with E-state index in [1.807, 2.05) is 24.0 Å². The topological polar surface area (TPSA) is 44.7 Å². The molecule has 112 valence electrons. The zero-order chi connectivity index (χ0) is 14.4. The summed E-state index contributed by atoms with van der Waals surface area (Å²) in [6.07, 6.45) is 0.707. The number of aliphatic hydroxyl groups excluding tert-OH is 1. The van der Waals surface area contributed by atoms with E-state index in [1.54, 1.807) is 6.07 Å². The number of halogens is 1. The van der Waals surface area contributed by atoms with Gasteiger partial charge in [0.05, 0.1) is 18.9 Å². The molecular weight excluding hydrogens is 259 g/mol. The molecule has 0 aromatic heterocycles. The van der Waals surface area contributed by atoms with Crippen molar-refractivity contribution in [2.24, 2.45) is 0 Å². The number of hydrogen-bond acceptors (Lipinski definition) is 4. The zero-order valence-corrected chi connectivity index (χ0v) is 11.9. The van der Waals surface area contributed by atoms with Crippen molar-refractivity contribution in [3.8, 4) is 0 Å². The molecule has 5 heteroatoms. The van der Waals surface area contributed by atoms with Crippen molar-refractivity contribution in [2.75, 3.05) is 44.4 Å². The van der Waals surface area contributed by atoms with Crippen LogP contribution in [0.1, 0.15) is 24.9 Å². The third kappa shape index (κ3) is 3.91. The van der Waals surface area contributed by atoms with Gasteiger partial charge in [0.1, 0.15) is 5.82 Å². The molecule has 1 aromatic carbocycles. The summed E-state index contributed by atoms with van der Waals surface area (Å²) in [5.41, 5.74) is 1.58. The normalized spacial score (nSPS) is 17.2. The average Bonchev–Trinajstić information content (AvgIpc) is 2.48. The van der Waals surface area contributed by atoms with Crippen LogP contribution >= 0.6 is 0 Å². The first kappa shape index (κ1) is 15.2. The monoisotopic (exact) mass is 282 g/mol. The Morgan fingerprint density at radius 1 is 1.40 bits per heavy atom. The summed E-state index contributed by atoms with van der Waals surface area (Å²) < 4.78 is 19.5. The second-order valence-corrected chi connectivity index (χ2v) is 5.06. The lowest BCUT2D eigenvalue weighted by molar-refractivity contribution is 0.122. The van der Waals surface area contributed by atoms with E-state index in [-0.39, 0.29) is 18.5 Å². The Bertz CT molecular complexity index is 422. The highest BCUT2D eigenvalue weighted by molar-refractivity contribution is 5.49. The quantitative estimate of drug-likeness (QED) is 0.780. The highest BCUT2D eigenvalue weighted by Gasteiger charge is 2.16. The number of ether oxygens (including phenoxy) is 1. The van der Waals surface area contributed by atoms with Crippen LogP contribution in [-0.4, -0.2) is 44.6 Å². The predicted octanol–water partition coefficient (Wildman–Crippen LogP) is 1.70. The summed E-state index contributed by atoms with van der Waals surface area (Å²) in [5, 5.41) is 12.0. The first-order valence-electron chi connectivity index (χ1n) is 7.18. The van der Waals surface area contributed by atoms with Crippen LogP contribution in [0.25, 0.3) is 0 Å². The number of rotatable bonds is 6. The van der Waals surface area contributed by atoms with E-state index in [0.717, 1.165) is 25.2 Å². The number of hydrogen-bond donors (Lipinski definition) is 2. The van der Waals surface area contributed by atoms with Gasteiger partial charge in [0.2, 0.25) is 0 Å². The van der Waals surface area contributed by atoms with Gasteiger partial charge >= 0.3 is 0 Å². The van der Waals surface area contributed by atoms with Gasteiger partial charge in [0.15, 0.2) is 0 Å². The van der Waals surface area contributed by atoms with E-state index < -0.39 is 0 Å². The van der Waals surface area contributed by atoms with Gasteiger partial charge in [-0.3, -0.25) is 0 Å². The van der Waals surface area contributed by atoms with Crippen molar-refractivity contribution >= 4 is 5.69 Å². The number of nitrogens with zero attached hydrogens (tertiary/aromatic N) is 1. The number of nitrogens with one attached hydrogen (secondary N) is 1. The minimum Gasteiger partial charge on any atom is -0.396 e. The Morgan fingerprint density at radius 2 is 2.15 bits per heavy atom. The van der Waals surface area contributed by atoms with Gasteiger partial charge in [-0.15, -0.1) is 0 Å². The van der Waals surface area contributed by atoms with Crippen molar-refractivity contribution < 1.29 is 14.2 Å². The van der Waals surface area contributed by atoms with Gasteiger partial charge in [-0.05, 0) is 37.6 Å². The van der Waals surface area contributed by atoms with Crippen LogP contribution in [0, 0.1) is 5.82 Å². The van der Waals surface area contributed by atoms with Crippen LogP contribution in [-0.2, 0) is 4.74 Å². The van der Waals surface area contributed by atoms with Crippen LogP contribution in [0.5, 0.6) is 0 Å². The maximum Gasteiger partial charge on any atom is 0.146 e. The standard InChI is InChI=1S/C15H23FN2O2/c1-12(17-5-2-8-19)13-3-4-15(14(16)11-13)18-6-9-20-10-7-18/h3-4,11-12,17,19H,2,5-10H2,1H3. The SMILES string of the molecule is CC(NCCCO)c1ccc(N2CCOCC2)c(F)c1. The minimum absolute atomic E-state index is 0.0785. The lowest BCUT2D eigenvalue weighted by atomic mass is 10.1. The van der Waals surface area contributed by atoms with Crippen molar-refractivity contribution in [1.29, 1.82) is 0 Å². The maximum absolute atomic E-state index is 14.2. The Balaban J connectivity index is 2.01. The Labute approximate surface area is 119 Å². The summed E-state index contributed by atoms with van der Waals surface area (Å²) in [4.78, 5) is 2.02. The summed E-state index contributed by atoms with van der Waals surface area (Å²) in [6.45, 7) is 5.68. The molecule has 0 amide bonds. The van der Waals surface area contributed by atoms with E-state index in [0.29, 0.717) is 25.3 Å². The van der Waals surface area contributed by atoms with Gasteiger partial charge in [0, 0.05) is 25.7 Å². The zero-order valence-electron chi connectivity index (χ0n) is 11.9. The molecule has 1 saturated heterocycles. The first-order valence-corrected chi connectivity index (χ1v) is 7.18. The number of morpholine rings is 1. The number of anilines is 1. The van der Waals surface area contributed by atoms with Gasteiger partial charge < -0.3 is 20.1 Å². The molecule has 0 bridgehead atoms. The highest BCUT2D eigenvalue weighted by Crippen LogP contribution is 2.24. The molecule has 0 spiro atoms.